The molecule has 0 aromatic heterocycles. The molecule has 2 rings (SSSR count). The Bertz CT molecular complexity index is 653. The number of carbonyl (C=O) groups excluding carboxylic acids is 2. The zero-order valence-corrected chi connectivity index (χ0v) is 13.6. The van der Waals surface area contributed by atoms with Gasteiger partial charge in [-0.25, -0.2) is 4.79 Å². The molecule has 0 aliphatic carbocycles. The minimum absolute atomic E-state index is 0.284. The second-order valence-electron chi connectivity index (χ2n) is 4.95. The van der Waals surface area contributed by atoms with E-state index >= 15 is 0 Å². The number of hydrogen-bond donors (Lipinski definition) is 0. The first-order valence-electron chi connectivity index (χ1n) is 7.04. The van der Waals surface area contributed by atoms with Gasteiger partial charge in [-0.15, -0.1) is 11.8 Å². The Kier molecular flexibility index (Phi) is 5.49. The van der Waals surface area contributed by atoms with Gasteiger partial charge in [-0.1, -0.05) is 29.8 Å². The summed E-state index contributed by atoms with van der Waals surface area (Å²) in [7, 11) is 0. The van der Waals surface area contributed by atoms with Crippen molar-refractivity contribution in [1.82, 2.24) is 0 Å². The summed E-state index contributed by atoms with van der Waals surface area (Å²) in [5.41, 5.74) is 2.72. The zero-order valence-electron chi connectivity index (χ0n) is 12.8. The van der Waals surface area contributed by atoms with Crippen molar-refractivity contribution < 1.29 is 14.3 Å². The maximum Gasteiger partial charge on any atom is 0.367 e. The Morgan fingerprint density at radius 3 is 2.77 bits per heavy atom. The quantitative estimate of drug-likeness (QED) is 0.798. The average molecular weight is 318 g/mol. The lowest BCUT2D eigenvalue weighted by Gasteiger charge is -2.19. The number of aryl methyl sites for hydroxylation is 1. The fourth-order valence-electron chi connectivity index (χ4n) is 2.15. The number of rotatable bonds is 4. The van der Waals surface area contributed by atoms with Gasteiger partial charge in [0.25, 0.3) is 0 Å². The van der Waals surface area contributed by atoms with Gasteiger partial charge in [0, 0.05) is 11.5 Å². The van der Waals surface area contributed by atoms with Gasteiger partial charge in [0.2, 0.25) is 0 Å². The Labute approximate surface area is 133 Å². The largest absolute Gasteiger partial charge is 0.465 e. The molecule has 0 saturated carbocycles. The maximum atomic E-state index is 12.1. The van der Waals surface area contributed by atoms with Crippen LogP contribution in [-0.2, 0) is 15.3 Å². The normalized spacial score (nSPS) is 17.8. The third-order valence-electron chi connectivity index (χ3n) is 3.13. The van der Waals surface area contributed by atoms with Crippen LogP contribution in [0.5, 0.6) is 0 Å². The molecule has 1 heterocycles. The molecule has 1 aliphatic heterocycles. The van der Waals surface area contributed by atoms with E-state index in [2.05, 4.69) is 16.1 Å². The highest BCUT2D eigenvalue weighted by molar-refractivity contribution is 8.13. The molecule has 1 aromatic rings. The highest BCUT2D eigenvalue weighted by Gasteiger charge is 2.33. The number of aliphatic imine (C=N–C) groups is 2. The topological polar surface area (TPSA) is 68.1 Å². The number of carbonyl (C=O) groups is 2. The molecular weight excluding hydrogens is 300 g/mol. The first-order chi connectivity index (χ1) is 10.5. The summed E-state index contributed by atoms with van der Waals surface area (Å²) in [4.78, 5) is 31.3. The summed E-state index contributed by atoms with van der Waals surface area (Å²) in [6.07, 6.45) is 0. The van der Waals surface area contributed by atoms with E-state index < -0.39 is 17.9 Å². The standard InChI is InChI=1S/C16H18N2O3S/c1-4-21-15(19)13-11(3)17-16(20)18-14(13)22-9-12-7-5-6-10(2)8-12/h5-8,13H,4,9H2,1-3H3. The van der Waals surface area contributed by atoms with E-state index in [0.717, 1.165) is 5.56 Å². The fraction of sp³-hybridized carbons (Fsp3) is 0.375. The second kappa shape index (κ2) is 7.35. The van der Waals surface area contributed by atoms with Crippen LogP contribution < -0.4 is 0 Å². The Morgan fingerprint density at radius 2 is 2.09 bits per heavy atom. The molecule has 5 nitrogen and oxygen atoms in total. The molecule has 22 heavy (non-hydrogen) atoms. The molecule has 1 aromatic carbocycles. The van der Waals surface area contributed by atoms with E-state index in [1.54, 1.807) is 13.8 Å². The molecule has 0 fully saturated rings. The fourth-order valence-corrected chi connectivity index (χ4v) is 3.22. The third-order valence-corrected chi connectivity index (χ3v) is 4.23. The molecule has 0 N–H and O–H groups in total. The molecule has 0 bridgehead atoms. The van der Waals surface area contributed by atoms with Gasteiger partial charge in [-0.3, -0.25) is 4.79 Å². The lowest BCUT2D eigenvalue weighted by molar-refractivity contribution is -0.143. The van der Waals surface area contributed by atoms with Crippen LogP contribution in [0, 0.1) is 12.8 Å². The van der Waals surface area contributed by atoms with Gasteiger partial charge in [0.15, 0.2) is 0 Å². The van der Waals surface area contributed by atoms with Crippen molar-refractivity contribution in [3.8, 4) is 0 Å². The monoisotopic (exact) mass is 318 g/mol. The van der Waals surface area contributed by atoms with E-state index in [1.807, 2.05) is 25.1 Å². The number of ether oxygens (including phenoxy) is 1. The van der Waals surface area contributed by atoms with Gasteiger partial charge in [0.05, 0.1) is 11.7 Å². The molecule has 2 amide bonds. The summed E-state index contributed by atoms with van der Waals surface area (Å²) in [6.45, 7) is 5.71. The lowest BCUT2D eigenvalue weighted by Crippen LogP contribution is -2.34. The van der Waals surface area contributed by atoms with Crippen LogP contribution in [0.3, 0.4) is 0 Å². The molecule has 1 aliphatic rings. The number of amides is 2. The number of nitrogens with zero attached hydrogens (tertiary/aromatic N) is 2. The Morgan fingerprint density at radius 1 is 1.32 bits per heavy atom. The molecular formula is C16H18N2O3S. The Hall–Kier alpha value is -1.95. The number of benzene rings is 1. The first kappa shape index (κ1) is 16.4. The SMILES string of the molecule is CCOC(=O)C1C(C)=NC(=O)N=C1SCc1cccc(C)c1. The van der Waals surface area contributed by atoms with Crippen molar-refractivity contribution >= 4 is 34.5 Å². The second-order valence-corrected chi connectivity index (χ2v) is 5.94. The molecule has 0 saturated heterocycles. The number of esters is 1. The van der Waals surface area contributed by atoms with Crippen LogP contribution in [0.1, 0.15) is 25.0 Å². The highest BCUT2D eigenvalue weighted by atomic mass is 32.2. The van der Waals surface area contributed by atoms with E-state index in [-0.39, 0.29) is 6.61 Å². The van der Waals surface area contributed by atoms with Gasteiger partial charge in [-0.05, 0) is 26.3 Å². The number of hydrogen-bond acceptors (Lipinski definition) is 4. The van der Waals surface area contributed by atoms with Crippen molar-refractivity contribution in [2.24, 2.45) is 15.9 Å². The number of urea groups is 1. The molecule has 1 unspecified atom stereocenters. The van der Waals surface area contributed by atoms with Crippen LogP contribution in [0.2, 0.25) is 0 Å². The minimum Gasteiger partial charge on any atom is -0.465 e. The van der Waals surface area contributed by atoms with Crippen LogP contribution >= 0.6 is 11.8 Å². The summed E-state index contributed by atoms with van der Waals surface area (Å²) in [6, 6.07) is 7.51. The van der Waals surface area contributed by atoms with E-state index in [9.17, 15) is 9.59 Å². The van der Waals surface area contributed by atoms with Gasteiger partial charge in [0.1, 0.15) is 5.92 Å². The molecule has 6 heteroatoms. The van der Waals surface area contributed by atoms with Crippen molar-refractivity contribution in [2.45, 2.75) is 26.5 Å². The van der Waals surface area contributed by atoms with E-state index in [1.165, 1.54) is 17.3 Å². The van der Waals surface area contributed by atoms with Crippen LogP contribution in [-0.4, -0.2) is 29.4 Å². The molecule has 1 atom stereocenters. The minimum atomic E-state index is -0.674. The summed E-state index contributed by atoms with van der Waals surface area (Å²) in [5, 5.41) is 0.456. The van der Waals surface area contributed by atoms with E-state index in [4.69, 9.17) is 4.74 Å². The van der Waals surface area contributed by atoms with Gasteiger partial charge < -0.3 is 4.74 Å². The van der Waals surface area contributed by atoms with Crippen molar-refractivity contribution in [1.29, 1.82) is 0 Å². The lowest BCUT2D eigenvalue weighted by atomic mass is 10.1. The predicted molar refractivity (Wildman–Crippen MR) is 88.5 cm³/mol. The smallest absolute Gasteiger partial charge is 0.367 e. The van der Waals surface area contributed by atoms with Gasteiger partial charge >= 0.3 is 12.0 Å². The van der Waals surface area contributed by atoms with Crippen molar-refractivity contribution in [3.63, 3.8) is 0 Å². The van der Waals surface area contributed by atoms with Crippen LogP contribution in [0.4, 0.5) is 4.79 Å². The molecule has 116 valence electrons. The van der Waals surface area contributed by atoms with E-state index in [0.29, 0.717) is 16.5 Å². The first-order valence-corrected chi connectivity index (χ1v) is 8.02. The molecule has 0 spiro atoms. The predicted octanol–water partition coefficient (Wildman–Crippen LogP) is 3.40. The third kappa shape index (κ3) is 4.04. The summed E-state index contributed by atoms with van der Waals surface area (Å²) >= 11 is 1.38. The number of thioether (sulfide) groups is 1. The van der Waals surface area contributed by atoms with Crippen LogP contribution in [0.25, 0.3) is 0 Å². The molecule has 0 radical (unpaired) electrons. The maximum absolute atomic E-state index is 12.1. The summed E-state index contributed by atoms with van der Waals surface area (Å²) < 4.78 is 5.06. The van der Waals surface area contributed by atoms with Gasteiger partial charge in [-0.2, -0.15) is 9.98 Å². The highest BCUT2D eigenvalue weighted by Crippen LogP contribution is 2.24. The van der Waals surface area contributed by atoms with Crippen LogP contribution in [0.15, 0.2) is 34.3 Å². The Balaban J connectivity index is 2.15. The van der Waals surface area contributed by atoms with Crippen molar-refractivity contribution in [2.75, 3.05) is 6.61 Å². The zero-order chi connectivity index (χ0) is 16.1. The average Bonchev–Trinajstić information content (AvgIpc) is 2.44. The summed E-state index contributed by atoms with van der Waals surface area (Å²) in [5.74, 6) is -0.448. The van der Waals surface area contributed by atoms with Crippen molar-refractivity contribution in [3.05, 3.63) is 35.4 Å².